The zero-order chi connectivity index (χ0) is 10.7. The van der Waals surface area contributed by atoms with Crippen molar-refractivity contribution in [3.63, 3.8) is 0 Å². The van der Waals surface area contributed by atoms with E-state index in [0.717, 1.165) is 0 Å². The molecule has 12 nitrogen and oxygen atoms in total. The van der Waals surface area contributed by atoms with Gasteiger partial charge in [-0.2, -0.15) is 0 Å². The van der Waals surface area contributed by atoms with E-state index in [2.05, 4.69) is 0 Å². The number of hydrogen-bond donors (Lipinski definition) is 0. The van der Waals surface area contributed by atoms with E-state index < -0.39 is 27.5 Å². The number of rotatable bonds is 0. The maximum absolute atomic E-state index is 8.52. The van der Waals surface area contributed by atoms with Gasteiger partial charge in [0.05, 0.1) is 0 Å². The van der Waals surface area contributed by atoms with Crippen LogP contribution in [0.2, 0.25) is 0 Å². The molecule has 0 amide bonds. The monoisotopic (exact) mass is 604 g/mol. The molecule has 0 saturated heterocycles. The Kier molecular flexibility index (Phi) is 132. The third kappa shape index (κ3) is 2480. The first-order chi connectivity index (χ1) is 5.20. The standard InChI is InChI=1S/2Dy.3O3Si.3O/c;;3*1-4(2)3;;;/q2*+3;6*-2. The average Bonchev–Trinajstić information content (AvgIpc) is 1.54. The Bertz CT molecular complexity index is 117. The molecule has 0 spiro atoms. The van der Waals surface area contributed by atoms with Crippen LogP contribution in [-0.2, 0) is 29.8 Å². The van der Waals surface area contributed by atoms with Crippen LogP contribution in [0.15, 0.2) is 0 Å². The minimum absolute atomic E-state index is 0. The summed E-state index contributed by atoms with van der Waals surface area (Å²) in [6, 6.07) is 0. The Hall–Kier alpha value is 1.28. The Morgan fingerprint density at radius 1 is 0.471 bits per heavy atom. The molecule has 0 aliphatic carbocycles. The molecule has 0 unspecified atom stereocenters. The van der Waals surface area contributed by atoms with E-state index in [-0.39, 0.29) is 92.8 Å². The summed E-state index contributed by atoms with van der Waals surface area (Å²) in [5, 5.41) is 0. The largest absolute Gasteiger partial charge is 3.00 e. The smallest absolute Gasteiger partial charge is 2.00 e. The summed E-state index contributed by atoms with van der Waals surface area (Å²) in [6.07, 6.45) is 0. The van der Waals surface area contributed by atoms with Crippen molar-refractivity contribution in [2.24, 2.45) is 0 Å². The van der Waals surface area contributed by atoms with E-state index in [0.29, 0.717) is 0 Å². The van der Waals surface area contributed by atoms with Crippen molar-refractivity contribution in [2.45, 2.75) is 0 Å². The van der Waals surface area contributed by atoms with Gasteiger partial charge in [-0.25, -0.2) is 0 Å². The van der Waals surface area contributed by atoms with Crippen LogP contribution in [0.1, 0.15) is 0 Å². The average molecular weight is 601 g/mol. The molecule has 0 aromatic carbocycles. The molecule has 0 aliphatic rings. The van der Waals surface area contributed by atoms with Crippen LogP contribution in [0.4, 0.5) is 0 Å². The fraction of sp³-hybridized carbons (Fsp3) is 0. The summed E-state index contributed by atoms with van der Waals surface area (Å²) in [5.74, 6) is 0. The van der Waals surface area contributed by atoms with Crippen LogP contribution in [0.5, 0.6) is 0 Å². The molecule has 0 fully saturated rings. The summed E-state index contributed by atoms with van der Waals surface area (Å²) in [4.78, 5) is 51.1. The molecule has 0 aromatic heterocycles. The number of hydrogen-bond acceptors (Lipinski definition) is 9. The van der Waals surface area contributed by atoms with Crippen LogP contribution in [0.3, 0.4) is 0 Å². The second kappa shape index (κ2) is 43.3. The molecule has 0 N–H and O–H groups in total. The van der Waals surface area contributed by atoms with Gasteiger partial charge in [0.15, 0.2) is 0 Å². The second-order valence-corrected chi connectivity index (χ2v) is 2.25. The molecule has 0 bridgehead atoms. The van der Waals surface area contributed by atoms with Crippen LogP contribution in [0, 0.1) is 76.3 Å². The quantitative estimate of drug-likeness (QED) is 0.238. The maximum Gasteiger partial charge on any atom is 3.00 e. The summed E-state index contributed by atoms with van der Waals surface area (Å²) in [6.45, 7) is 0. The second-order valence-electron chi connectivity index (χ2n) is 0.750. The third-order valence-corrected chi connectivity index (χ3v) is 0. The van der Waals surface area contributed by atoms with Crippen molar-refractivity contribution >= 4 is 27.5 Å². The predicted molar refractivity (Wildman–Crippen MR) is 21.4 cm³/mol. The van der Waals surface area contributed by atoms with Gasteiger partial charge in [0.25, 0.3) is 0 Å². The van der Waals surface area contributed by atoms with E-state index in [1.54, 1.807) is 0 Å². The van der Waals surface area contributed by atoms with Crippen molar-refractivity contribution in [1.29, 1.82) is 0 Å². The summed E-state index contributed by atoms with van der Waals surface area (Å²) >= 11 is 0. The molecule has 0 saturated carbocycles. The van der Waals surface area contributed by atoms with Gasteiger partial charge in [-0.05, 0) is 0 Å². The van der Waals surface area contributed by atoms with Gasteiger partial charge >= 0.3 is 76.3 Å². The van der Waals surface area contributed by atoms with Gasteiger partial charge in [-0.15, -0.1) is 0 Å². The van der Waals surface area contributed by atoms with Crippen molar-refractivity contribution in [3.05, 3.63) is 0 Å². The van der Waals surface area contributed by atoms with E-state index in [9.17, 15) is 0 Å². The van der Waals surface area contributed by atoms with Crippen molar-refractivity contribution in [1.82, 2.24) is 0 Å². The van der Waals surface area contributed by atoms with Crippen molar-refractivity contribution in [3.8, 4) is 0 Å². The first-order valence-electron chi connectivity index (χ1n) is 1.84. The molecule has 0 atom stereocenters. The molecule has 2 radical (unpaired) electrons. The van der Waals surface area contributed by atoms with Crippen LogP contribution in [0.25, 0.3) is 0 Å². The first kappa shape index (κ1) is 51.7. The van der Waals surface area contributed by atoms with E-state index in [1.165, 1.54) is 0 Å². The fourth-order valence-corrected chi connectivity index (χ4v) is 0. The van der Waals surface area contributed by atoms with Crippen LogP contribution in [-0.4, -0.2) is 27.5 Å². The van der Waals surface area contributed by atoms with Gasteiger partial charge in [-0.3, -0.25) is 0 Å². The topological polar surface area (TPSA) is 275 Å². The Labute approximate surface area is 160 Å². The minimum Gasteiger partial charge on any atom is -2.00 e. The molecular formula is Dy2O12Si3-6. The van der Waals surface area contributed by atoms with Gasteiger partial charge in [0.2, 0.25) is 0 Å². The predicted octanol–water partition coefficient (Wildman–Crippen LogP) is -8.99. The van der Waals surface area contributed by atoms with Gasteiger partial charge in [-0.1, -0.05) is 0 Å². The normalized spacial score (nSPS) is 4.24. The first-order valence-corrected chi connectivity index (χ1v) is 5.51. The Morgan fingerprint density at radius 3 is 0.471 bits per heavy atom. The summed E-state index contributed by atoms with van der Waals surface area (Å²) < 4.78 is 25.6. The molecular weight excluding hydrogens is 601 g/mol. The molecule has 0 aliphatic heterocycles. The van der Waals surface area contributed by atoms with Crippen LogP contribution >= 0.6 is 0 Å². The molecule has 17 heavy (non-hydrogen) atoms. The molecule has 17 heteroatoms. The Balaban J connectivity index is -0.0000000104. The molecule has 110 valence electrons. The van der Waals surface area contributed by atoms with Gasteiger partial charge in [0, 0.05) is 27.5 Å². The zero-order valence-electron chi connectivity index (χ0n) is 7.03. The fourth-order valence-electron chi connectivity index (χ4n) is 0. The van der Waals surface area contributed by atoms with Gasteiger partial charge in [0.1, 0.15) is 0 Å². The Morgan fingerprint density at radius 2 is 0.471 bits per heavy atom. The zero-order valence-corrected chi connectivity index (χ0v) is 14.1. The molecule has 0 heterocycles. The summed E-state index contributed by atoms with van der Waals surface area (Å²) in [5.41, 5.74) is 0. The van der Waals surface area contributed by atoms with Crippen molar-refractivity contribution < 1.29 is 135 Å². The van der Waals surface area contributed by atoms with E-state index in [1.807, 2.05) is 0 Å². The SMILES string of the molecule is O=[Si]([O-])[O-].O=[Si]([O-])[O-].O=[Si]([O-])[O-].[Dy+3].[Dy+3].[O-2].[O-2].[O-2]. The molecule has 0 rings (SSSR count). The van der Waals surface area contributed by atoms with Crippen LogP contribution < -0.4 is 28.8 Å². The van der Waals surface area contributed by atoms with E-state index >= 15 is 0 Å². The van der Waals surface area contributed by atoms with E-state index in [4.69, 9.17) is 42.2 Å². The minimum atomic E-state index is -3.63. The maximum atomic E-state index is 8.52. The van der Waals surface area contributed by atoms with Crippen molar-refractivity contribution in [2.75, 3.05) is 0 Å². The van der Waals surface area contributed by atoms with Gasteiger partial charge < -0.3 is 58.6 Å². The third-order valence-electron chi connectivity index (χ3n) is 0. The molecule has 0 aromatic rings. The summed E-state index contributed by atoms with van der Waals surface area (Å²) in [7, 11) is -10.9.